The molecule has 3 aromatic rings. The summed E-state index contributed by atoms with van der Waals surface area (Å²) in [5.74, 6) is -0.842. The van der Waals surface area contributed by atoms with E-state index < -0.39 is 5.97 Å². The van der Waals surface area contributed by atoms with E-state index in [0.29, 0.717) is 26.2 Å². The van der Waals surface area contributed by atoms with Crippen LogP contribution in [0.5, 0.6) is 0 Å². The van der Waals surface area contributed by atoms with Crippen LogP contribution >= 0.6 is 34.5 Å². The summed E-state index contributed by atoms with van der Waals surface area (Å²) in [7, 11) is 0. The molecule has 0 radical (unpaired) electrons. The second kappa shape index (κ2) is 9.74. The van der Waals surface area contributed by atoms with Crippen molar-refractivity contribution in [2.75, 3.05) is 11.9 Å². The lowest BCUT2D eigenvalue weighted by molar-refractivity contribution is -0.111. The third kappa shape index (κ3) is 5.48. The van der Waals surface area contributed by atoms with Crippen LogP contribution in [0.4, 0.5) is 5.00 Å². The standard InChI is InChI=1S/C22H17Cl2NO3S/c1-2-28-22(27)20-18(15-6-10-17(24)11-7-15)13-29-21(20)25-19(26)12-5-14-3-8-16(23)9-4-14/h3-13H,2H2,1H3,(H,25,26). The number of esters is 1. The Bertz CT molecular complexity index is 1040. The van der Waals surface area contributed by atoms with Crippen LogP contribution in [0.1, 0.15) is 22.8 Å². The molecule has 7 heteroatoms. The Morgan fingerprint density at radius 1 is 1.03 bits per heavy atom. The molecule has 0 unspecified atom stereocenters. The molecule has 0 spiro atoms. The van der Waals surface area contributed by atoms with Crippen molar-refractivity contribution in [1.29, 1.82) is 0 Å². The van der Waals surface area contributed by atoms with Gasteiger partial charge in [-0.15, -0.1) is 11.3 Å². The van der Waals surface area contributed by atoms with Crippen LogP contribution < -0.4 is 5.32 Å². The molecule has 29 heavy (non-hydrogen) atoms. The maximum Gasteiger partial charge on any atom is 0.341 e. The normalized spacial score (nSPS) is 10.9. The van der Waals surface area contributed by atoms with E-state index in [-0.39, 0.29) is 12.5 Å². The van der Waals surface area contributed by atoms with E-state index in [1.807, 2.05) is 17.5 Å². The summed E-state index contributed by atoms with van der Waals surface area (Å²) in [6, 6.07) is 14.2. The van der Waals surface area contributed by atoms with Gasteiger partial charge in [0.15, 0.2) is 0 Å². The molecule has 0 bridgehead atoms. The van der Waals surface area contributed by atoms with Gasteiger partial charge in [-0.25, -0.2) is 4.79 Å². The molecule has 0 saturated heterocycles. The number of carbonyl (C=O) groups is 2. The molecule has 0 aliphatic carbocycles. The van der Waals surface area contributed by atoms with Gasteiger partial charge >= 0.3 is 5.97 Å². The molecule has 0 saturated carbocycles. The van der Waals surface area contributed by atoms with Gasteiger partial charge in [-0.1, -0.05) is 47.5 Å². The minimum Gasteiger partial charge on any atom is -0.462 e. The summed E-state index contributed by atoms with van der Waals surface area (Å²) in [6.07, 6.45) is 3.07. The lowest BCUT2D eigenvalue weighted by Crippen LogP contribution is -2.12. The molecule has 1 aromatic heterocycles. The Labute approximate surface area is 182 Å². The summed E-state index contributed by atoms with van der Waals surface area (Å²) in [4.78, 5) is 24.9. The topological polar surface area (TPSA) is 55.4 Å². The molecule has 0 fully saturated rings. The average molecular weight is 446 g/mol. The SMILES string of the molecule is CCOC(=O)c1c(-c2ccc(Cl)cc2)csc1NC(=O)C=Cc1ccc(Cl)cc1. The van der Waals surface area contributed by atoms with Crippen molar-refractivity contribution in [3.63, 3.8) is 0 Å². The Kier molecular flexibility index (Phi) is 7.09. The van der Waals surface area contributed by atoms with E-state index in [1.54, 1.807) is 49.4 Å². The van der Waals surface area contributed by atoms with Crippen LogP contribution in [-0.4, -0.2) is 18.5 Å². The van der Waals surface area contributed by atoms with E-state index in [0.717, 1.165) is 11.1 Å². The monoisotopic (exact) mass is 445 g/mol. The maximum atomic E-state index is 12.6. The largest absolute Gasteiger partial charge is 0.462 e. The maximum absolute atomic E-state index is 12.6. The predicted molar refractivity (Wildman–Crippen MR) is 120 cm³/mol. The number of rotatable bonds is 6. The molecular formula is C22H17Cl2NO3S. The lowest BCUT2D eigenvalue weighted by Gasteiger charge is -2.08. The minimum atomic E-state index is -0.490. The summed E-state index contributed by atoms with van der Waals surface area (Å²) in [6.45, 7) is 1.97. The Hall–Kier alpha value is -2.60. The molecule has 0 atom stereocenters. The molecular weight excluding hydrogens is 429 g/mol. The average Bonchev–Trinajstić information content (AvgIpc) is 3.12. The number of hydrogen-bond donors (Lipinski definition) is 1. The number of ether oxygens (including phenoxy) is 1. The molecule has 2 aromatic carbocycles. The zero-order chi connectivity index (χ0) is 20.8. The van der Waals surface area contributed by atoms with Gasteiger partial charge in [0.05, 0.1) is 6.61 Å². The minimum absolute atomic E-state index is 0.235. The predicted octanol–water partition coefficient (Wildman–Crippen LogP) is 6.55. The Morgan fingerprint density at radius 3 is 2.28 bits per heavy atom. The Balaban J connectivity index is 1.86. The first-order valence-corrected chi connectivity index (χ1v) is 10.4. The van der Waals surface area contributed by atoms with Crippen LogP contribution in [0.25, 0.3) is 17.2 Å². The van der Waals surface area contributed by atoms with Crippen molar-refractivity contribution in [3.8, 4) is 11.1 Å². The zero-order valence-electron chi connectivity index (χ0n) is 15.4. The zero-order valence-corrected chi connectivity index (χ0v) is 17.8. The van der Waals surface area contributed by atoms with Crippen LogP contribution in [-0.2, 0) is 9.53 Å². The second-order valence-corrected chi connectivity index (χ2v) is 7.71. The highest BCUT2D eigenvalue weighted by molar-refractivity contribution is 7.15. The Morgan fingerprint density at radius 2 is 1.66 bits per heavy atom. The van der Waals surface area contributed by atoms with Gasteiger partial charge in [0.25, 0.3) is 0 Å². The van der Waals surface area contributed by atoms with E-state index >= 15 is 0 Å². The fourth-order valence-electron chi connectivity index (χ4n) is 2.60. The first-order valence-electron chi connectivity index (χ1n) is 8.77. The van der Waals surface area contributed by atoms with E-state index in [9.17, 15) is 9.59 Å². The number of hydrogen-bond acceptors (Lipinski definition) is 4. The number of thiophene rings is 1. The van der Waals surface area contributed by atoms with Crippen molar-refractivity contribution in [2.24, 2.45) is 0 Å². The van der Waals surface area contributed by atoms with Crippen LogP contribution in [0, 0.1) is 0 Å². The van der Waals surface area contributed by atoms with Gasteiger partial charge in [-0.2, -0.15) is 0 Å². The van der Waals surface area contributed by atoms with Gasteiger partial charge in [-0.05, 0) is 48.4 Å². The highest BCUT2D eigenvalue weighted by Gasteiger charge is 2.22. The molecule has 1 N–H and O–H groups in total. The fourth-order valence-corrected chi connectivity index (χ4v) is 3.81. The molecule has 3 rings (SSSR count). The van der Waals surface area contributed by atoms with Gasteiger partial charge < -0.3 is 10.1 Å². The second-order valence-electron chi connectivity index (χ2n) is 5.96. The van der Waals surface area contributed by atoms with Crippen molar-refractivity contribution >= 4 is 57.5 Å². The third-order valence-corrected chi connectivity index (χ3v) is 5.36. The van der Waals surface area contributed by atoms with Crippen LogP contribution in [0.15, 0.2) is 60.0 Å². The highest BCUT2D eigenvalue weighted by Crippen LogP contribution is 2.36. The van der Waals surface area contributed by atoms with E-state index in [1.165, 1.54) is 17.4 Å². The molecule has 1 amide bonds. The first kappa shape index (κ1) is 21.1. The number of anilines is 1. The van der Waals surface area contributed by atoms with Crippen molar-refractivity contribution in [2.45, 2.75) is 6.92 Å². The molecule has 148 valence electrons. The fraction of sp³-hybridized carbons (Fsp3) is 0.0909. The summed E-state index contributed by atoms with van der Waals surface area (Å²) in [5, 5.41) is 6.24. The molecule has 1 heterocycles. The van der Waals surface area contributed by atoms with E-state index in [2.05, 4.69) is 5.32 Å². The quantitative estimate of drug-likeness (QED) is 0.345. The molecule has 0 aliphatic heterocycles. The highest BCUT2D eigenvalue weighted by atomic mass is 35.5. The molecule has 0 aliphatic rings. The van der Waals surface area contributed by atoms with Gasteiger partial charge in [0.2, 0.25) is 5.91 Å². The first-order chi connectivity index (χ1) is 14.0. The van der Waals surface area contributed by atoms with Gasteiger partial charge in [0.1, 0.15) is 10.6 Å². The number of amides is 1. The summed E-state index contributed by atoms with van der Waals surface area (Å²) >= 11 is 13.1. The molecule has 4 nitrogen and oxygen atoms in total. The van der Waals surface area contributed by atoms with Crippen molar-refractivity contribution < 1.29 is 14.3 Å². The smallest absolute Gasteiger partial charge is 0.341 e. The van der Waals surface area contributed by atoms with Gasteiger partial charge in [-0.3, -0.25) is 4.79 Å². The number of benzene rings is 2. The van der Waals surface area contributed by atoms with Crippen LogP contribution in [0.2, 0.25) is 10.0 Å². The number of halogens is 2. The summed E-state index contributed by atoms with van der Waals surface area (Å²) < 4.78 is 5.19. The summed E-state index contributed by atoms with van der Waals surface area (Å²) in [5.41, 5.74) is 2.66. The van der Waals surface area contributed by atoms with Crippen molar-refractivity contribution in [3.05, 3.63) is 81.2 Å². The lowest BCUT2D eigenvalue weighted by atomic mass is 10.0. The number of carbonyl (C=O) groups excluding carboxylic acids is 2. The third-order valence-electron chi connectivity index (χ3n) is 3.96. The van der Waals surface area contributed by atoms with Gasteiger partial charge in [0, 0.05) is 27.1 Å². The number of nitrogens with one attached hydrogen (secondary N) is 1. The van der Waals surface area contributed by atoms with Crippen molar-refractivity contribution in [1.82, 2.24) is 0 Å². The van der Waals surface area contributed by atoms with E-state index in [4.69, 9.17) is 27.9 Å². The van der Waals surface area contributed by atoms with Crippen LogP contribution in [0.3, 0.4) is 0 Å².